The predicted octanol–water partition coefficient (Wildman–Crippen LogP) is 3.63. The Morgan fingerprint density at radius 2 is 1.91 bits per heavy atom. The van der Waals surface area contributed by atoms with Crippen molar-refractivity contribution in [3.8, 4) is 5.69 Å². The highest BCUT2D eigenvalue weighted by Gasteiger charge is 2.20. The molecule has 0 amide bonds. The molecule has 7 heteroatoms. The Balaban J connectivity index is 1.80. The zero-order valence-corrected chi connectivity index (χ0v) is 13.5. The van der Waals surface area contributed by atoms with Crippen LogP contribution in [-0.2, 0) is 0 Å². The molecule has 2 heterocycles. The molecule has 1 unspecified atom stereocenters. The van der Waals surface area contributed by atoms with E-state index in [9.17, 15) is 0 Å². The van der Waals surface area contributed by atoms with Crippen LogP contribution in [0.2, 0.25) is 0 Å². The standard InChI is InChI=1S/C15H17N5OS/c1-10(2)13-17-14(21-19-13)11(3)22-15-18-16-9-20(15)12-7-5-4-6-8-12/h4-11H,1-3H3. The molecule has 0 aliphatic heterocycles. The van der Waals surface area contributed by atoms with Crippen LogP contribution in [0.25, 0.3) is 5.69 Å². The topological polar surface area (TPSA) is 69.6 Å². The van der Waals surface area contributed by atoms with E-state index in [1.165, 1.54) is 0 Å². The number of nitrogens with zero attached hydrogens (tertiary/aromatic N) is 5. The number of hydrogen-bond acceptors (Lipinski definition) is 6. The van der Waals surface area contributed by atoms with Gasteiger partial charge >= 0.3 is 0 Å². The van der Waals surface area contributed by atoms with E-state index in [0.717, 1.165) is 16.7 Å². The lowest BCUT2D eigenvalue weighted by Crippen LogP contribution is -1.97. The van der Waals surface area contributed by atoms with Gasteiger partial charge in [-0.15, -0.1) is 10.2 Å². The summed E-state index contributed by atoms with van der Waals surface area (Å²) in [5.74, 6) is 1.59. The quantitative estimate of drug-likeness (QED) is 0.670. The number of benzene rings is 1. The summed E-state index contributed by atoms with van der Waals surface area (Å²) in [6.07, 6.45) is 1.71. The summed E-state index contributed by atoms with van der Waals surface area (Å²) < 4.78 is 7.29. The molecule has 114 valence electrons. The molecule has 0 bridgehead atoms. The first-order chi connectivity index (χ1) is 10.6. The third-order valence-electron chi connectivity index (χ3n) is 3.15. The van der Waals surface area contributed by atoms with Gasteiger partial charge in [-0.05, 0) is 19.1 Å². The minimum Gasteiger partial charge on any atom is -0.338 e. The second-order valence-electron chi connectivity index (χ2n) is 5.22. The van der Waals surface area contributed by atoms with E-state index in [0.29, 0.717) is 5.89 Å². The lowest BCUT2D eigenvalue weighted by molar-refractivity contribution is 0.373. The van der Waals surface area contributed by atoms with Crippen LogP contribution in [0.5, 0.6) is 0 Å². The van der Waals surface area contributed by atoms with Crippen molar-refractivity contribution in [2.75, 3.05) is 0 Å². The van der Waals surface area contributed by atoms with Crippen LogP contribution in [0.3, 0.4) is 0 Å². The Hall–Kier alpha value is -2.15. The summed E-state index contributed by atoms with van der Waals surface area (Å²) in [7, 11) is 0. The van der Waals surface area contributed by atoms with Crippen molar-refractivity contribution < 1.29 is 4.52 Å². The van der Waals surface area contributed by atoms with Gasteiger partial charge in [-0.3, -0.25) is 4.57 Å². The number of thioether (sulfide) groups is 1. The van der Waals surface area contributed by atoms with Crippen LogP contribution in [0.1, 0.15) is 43.7 Å². The molecule has 0 saturated carbocycles. The van der Waals surface area contributed by atoms with Gasteiger partial charge in [0, 0.05) is 11.6 Å². The lowest BCUT2D eigenvalue weighted by Gasteiger charge is -2.08. The molecule has 1 atom stereocenters. The highest BCUT2D eigenvalue weighted by molar-refractivity contribution is 7.99. The molecule has 0 N–H and O–H groups in total. The normalized spacial score (nSPS) is 12.7. The fraction of sp³-hybridized carbons (Fsp3) is 0.333. The van der Waals surface area contributed by atoms with Gasteiger partial charge in [-0.25, -0.2) is 0 Å². The first-order valence-corrected chi connectivity index (χ1v) is 7.98. The summed E-state index contributed by atoms with van der Waals surface area (Å²) >= 11 is 1.54. The molecule has 6 nitrogen and oxygen atoms in total. The third-order valence-corrected chi connectivity index (χ3v) is 4.20. The molecule has 3 aromatic rings. The van der Waals surface area contributed by atoms with Crippen molar-refractivity contribution in [2.45, 2.75) is 37.1 Å². The zero-order valence-electron chi connectivity index (χ0n) is 12.7. The lowest BCUT2D eigenvalue weighted by atomic mass is 10.2. The third kappa shape index (κ3) is 3.04. The molecule has 1 aromatic carbocycles. The van der Waals surface area contributed by atoms with Gasteiger partial charge in [0.2, 0.25) is 5.89 Å². The summed E-state index contributed by atoms with van der Waals surface area (Å²) in [5, 5.41) is 13.0. The van der Waals surface area contributed by atoms with E-state index in [2.05, 4.69) is 20.3 Å². The van der Waals surface area contributed by atoms with Crippen LogP contribution >= 0.6 is 11.8 Å². The molecular formula is C15H17N5OS. The van der Waals surface area contributed by atoms with Crippen molar-refractivity contribution in [1.82, 2.24) is 24.9 Å². The Morgan fingerprint density at radius 3 is 2.59 bits per heavy atom. The Morgan fingerprint density at radius 1 is 1.14 bits per heavy atom. The van der Waals surface area contributed by atoms with Crippen molar-refractivity contribution in [3.63, 3.8) is 0 Å². The Kier molecular flexibility index (Phi) is 4.24. The summed E-state index contributed by atoms with van der Waals surface area (Å²) in [5.41, 5.74) is 1.02. The van der Waals surface area contributed by atoms with E-state index in [-0.39, 0.29) is 11.2 Å². The largest absolute Gasteiger partial charge is 0.338 e. The number of aromatic nitrogens is 5. The maximum Gasteiger partial charge on any atom is 0.239 e. The molecule has 0 saturated heterocycles. The molecule has 0 aliphatic rings. The Bertz CT molecular complexity index is 737. The first-order valence-electron chi connectivity index (χ1n) is 7.10. The zero-order chi connectivity index (χ0) is 15.5. The molecule has 0 radical (unpaired) electrons. The van der Waals surface area contributed by atoms with E-state index in [4.69, 9.17) is 4.52 Å². The number of para-hydroxylation sites is 1. The fourth-order valence-electron chi connectivity index (χ4n) is 1.93. The summed E-state index contributed by atoms with van der Waals surface area (Å²) in [4.78, 5) is 4.44. The Labute approximate surface area is 133 Å². The maximum atomic E-state index is 5.34. The maximum absolute atomic E-state index is 5.34. The highest BCUT2D eigenvalue weighted by atomic mass is 32.2. The molecule has 0 aliphatic carbocycles. The van der Waals surface area contributed by atoms with Gasteiger partial charge in [-0.2, -0.15) is 4.98 Å². The van der Waals surface area contributed by atoms with E-state index >= 15 is 0 Å². The van der Waals surface area contributed by atoms with E-state index < -0.39 is 0 Å². The molecule has 0 fully saturated rings. The van der Waals surface area contributed by atoms with Crippen molar-refractivity contribution in [1.29, 1.82) is 0 Å². The molecule has 0 spiro atoms. The van der Waals surface area contributed by atoms with E-state index in [1.54, 1.807) is 18.1 Å². The summed E-state index contributed by atoms with van der Waals surface area (Å²) in [6.45, 7) is 6.10. The molecule has 22 heavy (non-hydrogen) atoms. The van der Waals surface area contributed by atoms with Gasteiger partial charge < -0.3 is 4.52 Å². The second kappa shape index (κ2) is 6.31. The molecule has 2 aromatic heterocycles. The van der Waals surface area contributed by atoms with Gasteiger partial charge in [0.15, 0.2) is 11.0 Å². The number of rotatable bonds is 5. The van der Waals surface area contributed by atoms with Gasteiger partial charge in [0.1, 0.15) is 6.33 Å². The fourth-order valence-corrected chi connectivity index (χ4v) is 2.80. The van der Waals surface area contributed by atoms with Crippen LogP contribution < -0.4 is 0 Å². The first kappa shape index (κ1) is 14.8. The van der Waals surface area contributed by atoms with E-state index in [1.807, 2.05) is 55.7 Å². The van der Waals surface area contributed by atoms with Crippen molar-refractivity contribution in [3.05, 3.63) is 48.4 Å². The smallest absolute Gasteiger partial charge is 0.239 e. The van der Waals surface area contributed by atoms with Crippen LogP contribution in [0, 0.1) is 0 Å². The highest BCUT2D eigenvalue weighted by Crippen LogP contribution is 2.33. The molecule has 3 rings (SSSR count). The SMILES string of the molecule is CC(C)c1noc(C(C)Sc2nncn2-c2ccccc2)n1. The van der Waals surface area contributed by atoms with Crippen molar-refractivity contribution >= 4 is 11.8 Å². The predicted molar refractivity (Wildman–Crippen MR) is 84.0 cm³/mol. The van der Waals surface area contributed by atoms with Crippen molar-refractivity contribution in [2.24, 2.45) is 0 Å². The van der Waals surface area contributed by atoms with Crippen LogP contribution in [0.4, 0.5) is 0 Å². The average molecular weight is 315 g/mol. The van der Waals surface area contributed by atoms with Crippen LogP contribution in [0.15, 0.2) is 46.3 Å². The second-order valence-corrected chi connectivity index (χ2v) is 6.53. The monoisotopic (exact) mass is 315 g/mol. The van der Waals surface area contributed by atoms with Gasteiger partial charge in [0.25, 0.3) is 0 Å². The number of hydrogen-bond donors (Lipinski definition) is 0. The van der Waals surface area contributed by atoms with Gasteiger partial charge in [-0.1, -0.05) is 49.0 Å². The molecular weight excluding hydrogens is 298 g/mol. The minimum atomic E-state index is 0.00617. The van der Waals surface area contributed by atoms with Crippen LogP contribution in [-0.4, -0.2) is 24.9 Å². The van der Waals surface area contributed by atoms with Gasteiger partial charge in [0.05, 0.1) is 5.25 Å². The average Bonchev–Trinajstić information content (AvgIpc) is 3.17. The minimum absolute atomic E-state index is 0.00617. The summed E-state index contributed by atoms with van der Waals surface area (Å²) in [6, 6.07) is 9.98.